The van der Waals surface area contributed by atoms with Crippen LogP contribution in [-0.4, -0.2) is 29.8 Å². The number of aromatic carboxylic acids is 1. The van der Waals surface area contributed by atoms with Crippen LogP contribution < -0.4 is 4.74 Å². The van der Waals surface area contributed by atoms with Gasteiger partial charge in [0.1, 0.15) is 11.3 Å². The van der Waals surface area contributed by atoms with Crippen LogP contribution in [0.3, 0.4) is 0 Å². The Hall–Kier alpha value is -2.95. The van der Waals surface area contributed by atoms with E-state index in [1.165, 1.54) is 19.2 Å². The molecule has 0 saturated carbocycles. The molecule has 1 N–H and O–H groups in total. The minimum absolute atomic E-state index is 0.0572. The molecule has 21 heavy (non-hydrogen) atoms. The van der Waals surface area contributed by atoms with E-state index in [9.17, 15) is 14.4 Å². The van der Waals surface area contributed by atoms with E-state index in [1.54, 1.807) is 24.3 Å². The van der Waals surface area contributed by atoms with Gasteiger partial charge in [-0.3, -0.25) is 9.59 Å². The molecular formula is C16H10O5. The van der Waals surface area contributed by atoms with Gasteiger partial charge in [-0.15, -0.1) is 0 Å². The number of carbonyl (C=O) groups excluding carboxylic acids is 2. The molecule has 0 aromatic heterocycles. The van der Waals surface area contributed by atoms with Crippen LogP contribution in [0.5, 0.6) is 5.75 Å². The van der Waals surface area contributed by atoms with Crippen LogP contribution in [0.15, 0.2) is 36.4 Å². The number of fused-ring (bicyclic) bond motifs is 2. The average Bonchev–Trinajstić information content (AvgIpc) is 2.51. The van der Waals surface area contributed by atoms with Crippen molar-refractivity contribution in [3.05, 3.63) is 64.2 Å². The second kappa shape index (κ2) is 4.56. The lowest BCUT2D eigenvalue weighted by molar-refractivity contribution is 0.0692. The van der Waals surface area contributed by atoms with E-state index in [4.69, 9.17) is 9.84 Å². The Labute approximate surface area is 119 Å². The van der Waals surface area contributed by atoms with Crippen LogP contribution in [0.25, 0.3) is 0 Å². The fourth-order valence-corrected chi connectivity index (χ4v) is 2.46. The van der Waals surface area contributed by atoms with Gasteiger partial charge in [-0.05, 0) is 12.1 Å². The third-order valence-electron chi connectivity index (χ3n) is 3.48. The highest BCUT2D eigenvalue weighted by Crippen LogP contribution is 2.32. The number of ketones is 2. The van der Waals surface area contributed by atoms with Crippen molar-refractivity contribution >= 4 is 17.5 Å². The largest absolute Gasteiger partial charge is 0.496 e. The number of carboxylic acid groups (broad SMARTS) is 1. The summed E-state index contributed by atoms with van der Waals surface area (Å²) >= 11 is 0. The number of carboxylic acids is 1. The molecule has 0 fully saturated rings. The molecule has 0 saturated heterocycles. The minimum atomic E-state index is -1.21. The van der Waals surface area contributed by atoms with Gasteiger partial charge < -0.3 is 9.84 Å². The Bertz CT molecular complexity index is 804. The molecule has 0 unspecified atom stereocenters. The molecule has 0 aliphatic heterocycles. The van der Waals surface area contributed by atoms with E-state index < -0.39 is 5.97 Å². The Morgan fingerprint density at radius 3 is 1.95 bits per heavy atom. The summed E-state index contributed by atoms with van der Waals surface area (Å²) in [5, 5.41) is 9.17. The third kappa shape index (κ3) is 1.82. The third-order valence-corrected chi connectivity index (χ3v) is 3.48. The molecule has 5 heteroatoms. The summed E-state index contributed by atoms with van der Waals surface area (Å²) in [7, 11) is 1.32. The fraction of sp³-hybridized carbons (Fsp3) is 0.0625. The van der Waals surface area contributed by atoms with Gasteiger partial charge in [-0.25, -0.2) is 4.79 Å². The SMILES string of the molecule is COc1cc2c(cc1C(=O)O)C(=O)c1ccccc1C2=O. The molecular weight excluding hydrogens is 272 g/mol. The highest BCUT2D eigenvalue weighted by atomic mass is 16.5. The van der Waals surface area contributed by atoms with Gasteiger partial charge in [0.15, 0.2) is 11.6 Å². The molecule has 2 aromatic carbocycles. The van der Waals surface area contributed by atoms with Crippen LogP contribution >= 0.6 is 0 Å². The minimum Gasteiger partial charge on any atom is -0.496 e. The molecule has 0 atom stereocenters. The Morgan fingerprint density at radius 1 is 0.952 bits per heavy atom. The number of hydrogen-bond acceptors (Lipinski definition) is 4. The zero-order valence-corrected chi connectivity index (χ0v) is 11.0. The molecule has 1 aliphatic rings. The highest BCUT2D eigenvalue weighted by molar-refractivity contribution is 6.28. The first-order chi connectivity index (χ1) is 10.0. The number of hydrogen-bond donors (Lipinski definition) is 1. The predicted molar refractivity (Wildman–Crippen MR) is 73.3 cm³/mol. The maximum Gasteiger partial charge on any atom is 0.339 e. The van der Waals surface area contributed by atoms with E-state index in [0.717, 1.165) is 0 Å². The lowest BCUT2D eigenvalue weighted by Gasteiger charge is -2.18. The predicted octanol–water partition coefficient (Wildman–Crippen LogP) is 2.17. The van der Waals surface area contributed by atoms with Crippen molar-refractivity contribution in [2.24, 2.45) is 0 Å². The highest BCUT2D eigenvalue weighted by Gasteiger charge is 2.31. The summed E-state index contributed by atoms with van der Waals surface area (Å²) in [6.45, 7) is 0. The van der Waals surface area contributed by atoms with Crippen LogP contribution in [-0.2, 0) is 0 Å². The molecule has 0 radical (unpaired) electrons. The van der Waals surface area contributed by atoms with E-state index in [0.29, 0.717) is 5.56 Å². The van der Waals surface area contributed by atoms with Crippen LogP contribution in [0.1, 0.15) is 42.2 Å². The molecule has 2 aromatic rings. The van der Waals surface area contributed by atoms with Gasteiger partial charge in [0.05, 0.1) is 7.11 Å². The van der Waals surface area contributed by atoms with Crippen LogP contribution in [0, 0.1) is 0 Å². The van der Waals surface area contributed by atoms with Gasteiger partial charge >= 0.3 is 5.97 Å². The van der Waals surface area contributed by atoms with Crippen molar-refractivity contribution in [3.8, 4) is 5.75 Å². The summed E-state index contributed by atoms with van der Waals surface area (Å²) in [5.74, 6) is -1.82. The molecule has 0 bridgehead atoms. The van der Waals surface area contributed by atoms with Crippen molar-refractivity contribution in [3.63, 3.8) is 0 Å². The standard InChI is InChI=1S/C16H10O5/c1-21-13-7-11-10(6-12(13)16(19)20)14(17)8-4-2-3-5-9(8)15(11)18/h2-7H,1H3,(H,19,20). The maximum absolute atomic E-state index is 12.4. The summed E-state index contributed by atoms with van der Waals surface area (Å²) in [5.41, 5.74) is 0.728. The van der Waals surface area contributed by atoms with Crippen molar-refractivity contribution in [1.82, 2.24) is 0 Å². The summed E-state index contributed by atoms with van der Waals surface area (Å²) in [6.07, 6.45) is 0. The topological polar surface area (TPSA) is 80.7 Å². The summed E-state index contributed by atoms with van der Waals surface area (Å²) < 4.78 is 5.00. The number of methoxy groups -OCH3 is 1. The second-order valence-corrected chi connectivity index (χ2v) is 4.61. The maximum atomic E-state index is 12.4. The van der Waals surface area contributed by atoms with Gasteiger partial charge in [-0.2, -0.15) is 0 Å². The van der Waals surface area contributed by atoms with E-state index >= 15 is 0 Å². The Balaban J connectivity index is 2.30. The van der Waals surface area contributed by atoms with E-state index in [2.05, 4.69) is 0 Å². The zero-order chi connectivity index (χ0) is 15.1. The molecule has 0 spiro atoms. The van der Waals surface area contributed by atoms with E-state index in [1.807, 2.05) is 0 Å². The first-order valence-electron chi connectivity index (χ1n) is 6.18. The van der Waals surface area contributed by atoms with Crippen LogP contribution in [0.4, 0.5) is 0 Å². The van der Waals surface area contributed by atoms with Crippen LogP contribution in [0.2, 0.25) is 0 Å². The van der Waals surface area contributed by atoms with Crippen molar-refractivity contribution in [2.45, 2.75) is 0 Å². The quantitative estimate of drug-likeness (QED) is 0.779. The van der Waals surface area contributed by atoms with Gasteiger partial charge in [0.25, 0.3) is 0 Å². The Kier molecular flexibility index (Phi) is 2.83. The van der Waals surface area contributed by atoms with Gasteiger partial charge in [-0.1, -0.05) is 24.3 Å². The second-order valence-electron chi connectivity index (χ2n) is 4.61. The summed E-state index contributed by atoms with van der Waals surface area (Å²) in [4.78, 5) is 36.1. The zero-order valence-electron chi connectivity index (χ0n) is 11.0. The number of ether oxygens (including phenoxy) is 1. The normalized spacial score (nSPS) is 12.6. The summed E-state index contributed by atoms with van der Waals surface area (Å²) in [6, 6.07) is 9.00. The van der Waals surface area contributed by atoms with Crippen molar-refractivity contribution < 1.29 is 24.2 Å². The molecule has 3 rings (SSSR count). The lowest BCUT2D eigenvalue weighted by Crippen LogP contribution is -2.21. The molecule has 104 valence electrons. The van der Waals surface area contributed by atoms with E-state index in [-0.39, 0.29) is 39.6 Å². The smallest absolute Gasteiger partial charge is 0.339 e. The number of benzene rings is 2. The molecule has 1 aliphatic carbocycles. The fourth-order valence-electron chi connectivity index (χ4n) is 2.46. The van der Waals surface area contributed by atoms with Gasteiger partial charge in [0, 0.05) is 22.3 Å². The first kappa shape index (κ1) is 13.1. The Morgan fingerprint density at radius 2 is 1.48 bits per heavy atom. The molecule has 0 heterocycles. The first-order valence-corrected chi connectivity index (χ1v) is 6.18. The van der Waals surface area contributed by atoms with Crippen molar-refractivity contribution in [2.75, 3.05) is 7.11 Å². The van der Waals surface area contributed by atoms with Gasteiger partial charge in [0.2, 0.25) is 0 Å². The lowest BCUT2D eigenvalue weighted by atomic mass is 9.83. The average molecular weight is 282 g/mol. The monoisotopic (exact) mass is 282 g/mol. The molecule has 5 nitrogen and oxygen atoms in total. The molecule has 0 amide bonds. The van der Waals surface area contributed by atoms with Crippen molar-refractivity contribution in [1.29, 1.82) is 0 Å². The number of carbonyl (C=O) groups is 3. The number of rotatable bonds is 2.